The SMILES string of the molecule is COc1ccc(C(=O)NCCCN2CCCCC2)cc1Br. The first-order valence-electron chi connectivity index (χ1n) is 7.55. The van der Waals surface area contributed by atoms with Crippen LogP contribution in [0.4, 0.5) is 0 Å². The molecule has 0 spiro atoms. The van der Waals surface area contributed by atoms with Crippen molar-refractivity contribution in [3.8, 4) is 5.75 Å². The van der Waals surface area contributed by atoms with Crippen LogP contribution in [0.5, 0.6) is 5.75 Å². The van der Waals surface area contributed by atoms with E-state index in [0.29, 0.717) is 5.56 Å². The summed E-state index contributed by atoms with van der Waals surface area (Å²) in [5.74, 6) is 0.702. The fraction of sp³-hybridized carbons (Fsp3) is 0.562. The minimum Gasteiger partial charge on any atom is -0.496 e. The smallest absolute Gasteiger partial charge is 0.251 e. The number of hydrogen-bond donors (Lipinski definition) is 1. The quantitative estimate of drug-likeness (QED) is 0.798. The zero-order chi connectivity index (χ0) is 15.1. The van der Waals surface area contributed by atoms with Gasteiger partial charge in [-0.1, -0.05) is 6.42 Å². The lowest BCUT2D eigenvalue weighted by Crippen LogP contribution is -2.33. The predicted molar refractivity (Wildman–Crippen MR) is 87.9 cm³/mol. The van der Waals surface area contributed by atoms with Crippen LogP contribution in [0.1, 0.15) is 36.0 Å². The molecule has 0 saturated carbocycles. The Morgan fingerprint density at radius 2 is 2.10 bits per heavy atom. The zero-order valence-electron chi connectivity index (χ0n) is 12.5. The molecule has 1 aromatic rings. The lowest BCUT2D eigenvalue weighted by molar-refractivity contribution is 0.0951. The maximum atomic E-state index is 12.1. The number of carbonyl (C=O) groups excluding carboxylic acids is 1. The van der Waals surface area contributed by atoms with Crippen LogP contribution in [-0.4, -0.2) is 44.1 Å². The predicted octanol–water partition coefficient (Wildman–Crippen LogP) is 3.06. The Hall–Kier alpha value is -1.07. The Bertz CT molecular complexity index is 473. The summed E-state index contributed by atoms with van der Waals surface area (Å²) in [6.07, 6.45) is 4.99. The van der Waals surface area contributed by atoms with Crippen molar-refractivity contribution in [1.29, 1.82) is 0 Å². The molecule has 0 aromatic heterocycles. The Kier molecular flexibility index (Phi) is 6.51. The summed E-state index contributed by atoms with van der Waals surface area (Å²) in [6, 6.07) is 5.37. The van der Waals surface area contributed by atoms with Crippen molar-refractivity contribution in [3.05, 3.63) is 28.2 Å². The highest BCUT2D eigenvalue weighted by molar-refractivity contribution is 9.10. The van der Waals surface area contributed by atoms with Gasteiger partial charge in [-0.25, -0.2) is 0 Å². The summed E-state index contributed by atoms with van der Waals surface area (Å²) < 4.78 is 5.96. The van der Waals surface area contributed by atoms with Crippen LogP contribution in [0.25, 0.3) is 0 Å². The second kappa shape index (κ2) is 8.39. The van der Waals surface area contributed by atoms with E-state index in [2.05, 4.69) is 26.1 Å². The average Bonchev–Trinajstić information content (AvgIpc) is 2.52. The number of ether oxygens (including phenoxy) is 1. The second-order valence-electron chi connectivity index (χ2n) is 5.36. The Labute approximate surface area is 135 Å². The van der Waals surface area contributed by atoms with Gasteiger partial charge in [0.15, 0.2) is 0 Å². The van der Waals surface area contributed by atoms with Crippen molar-refractivity contribution in [1.82, 2.24) is 10.2 Å². The molecule has 1 aliphatic rings. The molecule has 0 atom stereocenters. The van der Waals surface area contributed by atoms with Crippen LogP contribution in [-0.2, 0) is 0 Å². The normalized spacial score (nSPS) is 15.7. The molecule has 1 aromatic carbocycles. The number of methoxy groups -OCH3 is 1. The van der Waals surface area contributed by atoms with Crippen molar-refractivity contribution in [2.75, 3.05) is 33.3 Å². The van der Waals surface area contributed by atoms with Gasteiger partial charge in [-0.05, 0) is 73.0 Å². The standard InChI is InChI=1S/C16H23BrN2O2/c1-21-15-7-6-13(12-14(15)17)16(20)18-8-5-11-19-9-3-2-4-10-19/h6-7,12H,2-5,8-11H2,1H3,(H,18,20). The number of hydrogen-bond acceptors (Lipinski definition) is 3. The number of nitrogens with one attached hydrogen (secondary N) is 1. The molecule has 2 rings (SSSR count). The molecular weight excluding hydrogens is 332 g/mol. The van der Waals surface area contributed by atoms with Crippen LogP contribution >= 0.6 is 15.9 Å². The highest BCUT2D eigenvalue weighted by Crippen LogP contribution is 2.25. The fourth-order valence-electron chi connectivity index (χ4n) is 2.60. The van der Waals surface area contributed by atoms with Gasteiger partial charge >= 0.3 is 0 Å². The van der Waals surface area contributed by atoms with Crippen molar-refractivity contribution in [2.45, 2.75) is 25.7 Å². The number of rotatable bonds is 6. The summed E-state index contributed by atoms with van der Waals surface area (Å²) >= 11 is 3.40. The van der Waals surface area contributed by atoms with E-state index in [0.717, 1.165) is 29.7 Å². The van der Waals surface area contributed by atoms with Gasteiger partial charge in [0.25, 0.3) is 5.91 Å². The molecule has 1 N–H and O–H groups in total. The van der Waals surface area contributed by atoms with E-state index in [1.807, 2.05) is 0 Å². The van der Waals surface area contributed by atoms with Crippen LogP contribution < -0.4 is 10.1 Å². The lowest BCUT2D eigenvalue weighted by atomic mass is 10.1. The van der Waals surface area contributed by atoms with Gasteiger partial charge in [0, 0.05) is 12.1 Å². The molecule has 1 aliphatic heterocycles. The highest BCUT2D eigenvalue weighted by atomic mass is 79.9. The summed E-state index contributed by atoms with van der Waals surface area (Å²) in [6.45, 7) is 4.21. The minimum atomic E-state index is -0.0306. The molecule has 0 bridgehead atoms. The molecule has 0 aliphatic carbocycles. The topological polar surface area (TPSA) is 41.6 Å². The highest BCUT2D eigenvalue weighted by Gasteiger charge is 2.10. The zero-order valence-corrected chi connectivity index (χ0v) is 14.1. The number of amides is 1. The fourth-order valence-corrected chi connectivity index (χ4v) is 3.14. The molecule has 116 valence electrons. The molecule has 5 heteroatoms. The van der Waals surface area contributed by atoms with Crippen LogP contribution in [0, 0.1) is 0 Å². The van der Waals surface area contributed by atoms with Gasteiger partial charge in [-0.3, -0.25) is 4.79 Å². The van der Waals surface area contributed by atoms with E-state index in [1.165, 1.54) is 32.4 Å². The third-order valence-corrected chi connectivity index (χ3v) is 4.42. The second-order valence-corrected chi connectivity index (χ2v) is 6.22. The Morgan fingerprint density at radius 3 is 2.76 bits per heavy atom. The van der Waals surface area contributed by atoms with Crippen molar-refractivity contribution in [3.63, 3.8) is 0 Å². The molecular formula is C16H23BrN2O2. The number of halogens is 1. The third kappa shape index (κ3) is 5.00. The molecule has 1 saturated heterocycles. The van der Waals surface area contributed by atoms with Crippen molar-refractivity contribution < 1.29 is 9.53 Å². The van der Waals surface area contributed by atoms with E-state index in [1.54, 1.807) is 25.3 Å². The minimum absolute atomic E-state index is 0.0306. The molecule has 1 fully saturated rings. The monoisotopic (exact) mass is 354 g/mol. The van der Waals surface area contributed by atoms with E-state index in [9.17, 15) is 4.79 Å². The molecule has 1 amide bonds. The van der Waals surface area contributed by atoms with Gasteiger partial charge in [-0.15, -0.1) is 0 Å². The van der Waals surface area contributed by atoms with E-state index >= 15 is 0 Å². The number of carbonyl (C=O) groups is 1. The molecule has 0 radical (unpaired) electrons. The summed E-state index contributed by atoms with van der Waals surface area (Å²) in [4.78, 5) is 14.5. The Morgan fingerprint density at radius 1 is 1.33 bits per heavy atom. The number of piperidine rings is 1. The van der Waals surface area contributed by atoms with Crippen molar-refractivity contribution in [2.24, 2.45) is 0 Å². The Balaban J connectivity index is 1.72. The maximum absolute atomic E-state index is 12.1. The average molecular weight is 355 g/mol. The summed E-state index contributed by atoms with van der Waals surface area (Å²) in [5, 5.41) is 2.98. The first kappa shape index (κ1) is 16.3. The van der Waals surface area contributed by atoms with Gasteiger partial charge in [-0.2, -0.15) is 0 Å². The molecule has 0 unspecified atom stereocenters. The largest absolute Gasteiger partial charge is 0.496 e. The lowest BCUT2D eigenvalue weighted by Gasteiger charge is -2.26. The maximum Gasteiger partial charge on any atom is 0.251 e. The number of nitrogens with zero attached hydrogens (tertiary/aromatic N) is 1. The van der Waals surface area contributed by atoms with Gasteiger partial charge in [0.05, 0.1) is 11.6 Å². The molecule has 21 heavy (non-hydrogen) atoms. The van der Waals surface area contributed by atoms with Gasteiger partial charge < -0.3 is 15.0 Å². The van der Waals surface area contributed by atoms with E-state index in [-0.39, 0.29) is 5.91 Å². The first-order valence-corrected chi connectivity index (χ1v) is 8.34. The van der Waals surface area contributed by atoms with Crippen LogP contribution in [0.2, 0.25) is 0 Å². The number of likely N-dealkylation sites (tertiary alicyclic amines) is 1. The van der Waals surface area contributed by atoms with Gasteiger partial charge in [0.1, 0.15) is 5.75 Å². The van der Waals surface area contributed by atoms with E-state index < -0.39 is 0 Å². The first-order chi connectivity index (χ1) is 10.2. The van der Waals surface area contributed by atoms with E-state index in [4.69, 9.17) is 4.74 Å². The van der Waals surface area contributed by atoms with Crippen LogP contribution in [0.3, 0.4) is 0 Å². The number of benzene rings is 1. The third-order valence-electron chi connectivity index (χ3n) is 3.80. The molecule has 1 heterocycles. The molecule has 4 nitrogen and oxygen atoms in total. The van der Waals surface area contributed by atoms with Crippen LogP contribution in [0.15, 0.2) is 22.7 Å². The van der Waals surface area contributed by atoms with Crippen molar-refractivity contribution >= 4 is 21.8 Å². The summed E-state index contributed by atoms with van der Waals surface area (Å²) in [7, 11) is 1.61. The van der Waals surface area contributed by atoms with Gasteiger partial charge in [0.2, 0.25) is 0 Å². The summed E-state index contributed by atoms with van der Waals surface area (Å²) in [5.41, 5.74) is 0.653.